The Morgan fingerprint density at radius 1 is 1.17 bits per heavy atom. The van der Waals surface area contributed by atoms with Gasteiger partial charge in [0.25, 0.3) is 0 Å². The number of rotatable bonds is 6. The smallest absolute Gasteiger partial charge is 0.193 e. The summed E-state index contributed by atoms with van der Waals surface area (Å²) in [6.07, 6.45) is 5.92. The molecule has 0 amide bonds. The number of unbranched alkanes of at least 4 members (excludes halogenated alkanes) is 1. The lowest BCUT2D eigenvalue weighted by molar-refractivity contribution is 0.370. The second-order valence-corrected chi connectivity index (χ2v) is 6.92. The van der Waals surface area contributed by atoms with Gasteiger partial charge in [0.15, 0.2) is 5.96 Å². The number of aliphatic imine (C=N–C) groups is 1. The van der Waals surface area contributed by atoms with Crippen LogP contribution in [0.2, 0.25) is 0 Å². The van der Waals surface area contributed by atoms with Gasteiger partial charge < -0.3 is 19.7 Å². The van der Waals surface area contributed by atoms with Crippen LogP contribution in [-0.2, 0) is 6.54 Å². The monoisotopic (exact) mass is 518 g/mol. The third-order valence-electron chi connectivity index (χ3n) is 5.07. The summed E-state index contributed by atoms with van der Waals surface area (Å²) in [5, 5.41) is 3.41. The van der Waals surface area contributed by atoms with E-state index in [1.807, 2.05) is 24.2 Å². The number of hydrogen-bond donors (Lipinski definition) is 1. The number of nitrogens with one attached hydrogen (secondary N) is 1. The Morgan fingerprint density at radius 2 is 1.93 bits per heavy atom. The van der Waals surface area contributed by atoms with Gasteiger partial charge in [0, 0.05) is 64.8 Å². The normalized spacial score (nSPS) is 14.7. The largest absolute Gasteiger partial charge is 0.366 e. The molecule has 0 bridgehead atoms. The number of guanidine groups is 1. The maximum atomic E-state index is 14.0. The molecule has 0 atom stereocenters. The number of hydrogen-bond acceptors (Lipinski definition) is 3. The molecule has 0 aliphatic carbocycles. The van der Waals surface area contributed by atoms with Gasteiger partial charge >= 0.3 is 0 Å². The first-order valence-electron chi connectivity index (χ1n) is 9.72. The van der Waals surface area contributed by atoms with Crippen molar-refractivity contribution < 1.29 is 8.78 Å². The van der Waals surface area contributed by atoms with Gasteiger partial charge in [0.1, 0.15) is 17.5 Å². The van der Waals surface area contributed by atoms with Crippen LogP contribution in [0.15, 0.2) is 35.6 Å². The van der Waals surface area contributed by atoms with Gasteiger partial charge in [0.05, 0.1) is 5.69 Å². The van der Waals surface area contributed by atoms with Crippen molar-refractivity contribution >= 4 is 35.6 Å². The Hall–Kier alpha value is -1.91. The van der Waals surface area contributed by atoms with Crippen molar-refractivity contribution in [3.05, 3.63) is 48.1 Å². The van der Waals surface area contributed by atoms with Crippen molar-refractivity contribution in [2.45, 2.75) is 26.3 Å². The predicted molar refractivity (Wildman–Crippen MR) is 123 cm³/mol. The van der Waals surface area contributed by atoms with Crippen LogP contribution in [0.4, 0.5) is 14.5 Å². The molecule has 1 N–H and O–H groups in total. The zero-order valence-corrected chi connectivity index (χ0v) is 19.3. The summed E-state index contributed by atoms with van der Waals surface area (Å²) in [7, 11) is 1.77. The first kappa shape index (κ1) is 23.4. The summed E-state index contributed by atoms with van der Waals surface area (Å²) in [5.41, 5.74) is 0.331. The molecule has 6 nitrogen and oxygen atoms in total. The van der Waals surface area contributed by atoms with Gasteiger partial charge in [-0.25, -0.2) is 13.8 Å². The van der Waals surface area contributed by atoms with E-state index in [1.54, 1.807) is 7.05 Å². The van der Waals surface area contributed by atoms with Crippen LogP contribution in [-0.4, -0.2) is 60.2 Å². The minimum Gasteiger partial charge on any atom is -0.366 e. The molecule has 1 aromatic heterocycles. The Kier molecular flexibility index (Phi) is 9.12. The second kappa shape index (κ2) is 11.3. The molecule has 3 rings (SSSR count). The summed E-state index contributed by atoms with van der Waals surface area (Å²) < 4.78 is 29.6. The molecule has 1 fully saturated rings. The average molecular weight is 518 g/mol. The molecular formula is C20H29F2IN6. The third-order valence-corrected chi connectivity index (χ3v) is 5.07. The number of nitrogens with zero attached hydrogens (tertiary/aromatic N) is 5. The van der Waals surface area contributed by atoms with Crippen LogP contribution >= 0.6 is 24.0 Å². The van der Waals surface area contributed by atoms with E-state index in [-0.39, 0.29) is 29.8 Å². The predicted octanol–water partition coefficient (Wildman–Crippen LogP) is 3.27. The minimum absolute atomic E-state index is 0. The fourth-order valence-corrected chi connectivity index (χ4v) is 3.47. The zero-order chi connectivity index (χ0) is 19.9. The number of imidazole rings is 1. The van der Waals surface area contributed by atoms with Crippen molar-refractivity contribution in [1.29, 1.82) is 0 Å². The van der Waals surface area contributed by atoms with Crippen LogP contribution in [0.25, 0.3) is 0 Å². The van der Waals surface area contributed by atoms with Gasteiger partial charge in [-0.05, 0) is 31.9 Å². The van der Waals surface area contributed by atoms with Crippen LogP contribution in [0, 0.1) is 18.6 Å². The van der Waals surface area contributed by atoms with E-state index in [1.165, 1.54) is 12.1 Å². The molecule has 29 heavy (non-hydrogen) atoms. The molecule has 2 aromatic rings. The van der Waals surface area contributed by atoms with E-state index in [4.69, 9.17) is 0 Å². The van der Waals surface area contributed by atoms with E-state index in [0.717, 1.165) is 43.8 Å². The number of aryl methyl sites for hydroxylation is 2. The van der Waals surface area contributed by atoms with Gasteiger partial charge in [-0.15, -0.1) is 24.0 Å². The first-order valence-corrected chi connectivity index (χ1v) is 9.72. The standard InChI is InChI=1S/C20H28F2N6.HI/c1-16-24-8-10-26(16)9-4-3-7-25-20(23-2)28-13-11-27(12-14-28)19-15-17(21)5-6-18(19)22;/h5-6,8,10,15H,3-4,7,9,11-14H2,1-2H3,(H,23,25);1H. The number of anilines is 1. The van der Waals surface area contributed by atoms with E-state index < -0.39 is 5.82 Å². The highest BCUT2D eigenvalue weighted by Gasteiger charge is 2.21. The highest BCUT2D eigenvalue weighted by atomic mass is 127. The van der Waals surface area contributed by atoms with E-state index in [0.29, 0.717) is 31.9 Å². The van der Waals surface area contributed by atoms with Crippen LogP contribution in [0.5, 0.6) is 0 Å². The Morgan fingerprint density at radius 3 is 2.59 bits per heavy atom. The van der Waals surface area contributed by atoms with Crippen molar-refractivity contribution in [2.75, 3.05) is 44.7 Å². The molecule has 1 aromatic carbocycles. The third kappa shape index (κ3) is 6.28. The lowest BCUT2D eigenvalue weighted by atomic mass is 10.2. The highest BCUT2D eigenvalue weighted by Crippen LogP contribution is 2.21. The molecule has 160 valence electrons. The minimum atomic E-state index is -0.415. The molecule has 2 heterocycles. The second-order valence-electron chi connectivity index (χ2n) is 6.92. The van der Waals surface area contributed by atoms with Gasteiger partial charge in [-0.2, -0.15) is 0 Å². The van der Waals surface area contributed by atoms with E-state index in [9.17, 15) is 8.78 Å². The zero-order valence-electron chi connectivity index (χ0n) is 16.9. The van der Waals surface area contributed by atoms with Gasteiger partial charge in [-0.1, -0.05) is 0 Å². The lowest BCUT2D eigenvalue weighted by Gasteiger charge is -2.37. The summed E-state index contributed by atoms with van der Waals surface area (Å²) in [4.78, 5) is 12.6. The van der Waals surface area contributed by atoms with Gasteiger partial charge in [-0.3, -0.25) is 4.99 Å². The Labute approximate surface area is 188 Å². The van der Waals surface area contributed by atoms with Gasteiger partial charge in [0.2, 0.25) is 0 Å². The highest BCUT2D eigenvalue weighted by molar-refractivity contribution is 14.0. The fraction of sp³-hybridized carbons (Fsp3) is 0.500. The molecular weight excluding hydrogens is 489 g/mol. The van der Waals surface area contributed by atoms with Crippen LogP contribution in [0.1, 0.15) is 18.7 Å². The van der Waals surface area contributed by atoms with Crippen molar-refractivity contribution in [1.82, 2.24) is 19.8 Å². The van der Waals surface area contributed by atoms with Crippen molar-refractivity contribution in [3.8, 4) is 0 Å². The SMILES string of the molecule is CN=C(NCCCCn1ccnc1C)N1CCN(c2cc(F)ccc2F)CC1.I. The molecule has 1 saturated heterocycles. The molecule has 9 heteroatoms. The van der Waals surface area contributed by atoms with Crippen LogP contribution in [0.3, 0.4) is 0 Å². The van der Waals surface area contributed by atoms with Crippen molar-refractivity contribution in [3.63, 3.8) is 0 Å². The van der Waals surface area contributed by atoms with E-state index >= 15 is 0 Å². The Bertz CT molecular complexity index is 802. The molecule has 0 spiro atoms. The summed E-state index contributed by atoms with van der Waals surface area (Å²) in [5.74, 6) is 1.10. The maximum absolute atomic E-state index is 14.0. The van der Waals surface area contributed by atoms with Crippen LogP contribution < -0.4 is 10.2 Å². The lowest BCUT2D eigenvalue weighted by Crippen LogP contribution is -2.52. The number of piperazine rings is 1. The number of benzene rings is 1. The summed E-state index contributed by atoms with van der Waals surface area (Å²) in [6.45, 7) is 6.49. The molecule has 0 unspecified atom stereocenters. The molecule has 1 aliphatic rings. The summed E-state index contributed by atoms with van der Waals surface area (Å²) >= 11 is 0. The Balaban J connectivity index is 0.00000300. The summed E-state index contributed by atoms with van der Waals surface area (Å²) in [6, 6.07) is 3.60. The van der Waals surface area contributed by atoms with E-state index in [2.05, 4.69) is 24.8 Å². The number of aromatic nitrogens is 2. The maximum Gasteiger partial charge on any atom is 0.193 e. The molecule has 0 radical (unpaired) electrons. The molecule has 0 saturated carbocycles. The number of halogens is 3. The molecule has 1 aliphatic heterocycles. The first-order chi connectivity index (χ1) is 13.6. The van der Waals surface area contributed by atoms with Crippen molar-refractivity contribution in [2.24, 2.45) is 4.99 Å². The fourth-order valence-electron chi connectivity index (χ4n) is 3.47. The quantitative estimate of drug-likeness (QED) is 0.276. The topological polar surface area (TPSA) is 48.7 Å². The average Bonchev–Trinajstić information content (AvgIpc) is 3.12.